The van der Waals surface area contributed by atoms with Crippen molar-refractivity contribution in [2.45, 2.75) is 14.1 Å². The van der Waals surface area contributed by atoms with Crippen molar-refractivity contribution < 1.29 is 13.2 Å². The lowest BCUT2D eigenvalue weighted by Gasteiger charge is -2.25. The molecule has 0 unspecified atom stereocenters. The summed E-state index contributed by atoms with van der Waals surface area (Å²) < 4.78 is 23.2. The van der Waals surface area contributed by atoms with Gasteiger partial charge in [0.15, 0.2) is 5.37 Å². The van der Waals surface area contributed by atoms with E-state index in [0.29, 0.717) is 5.02 Å². The van der Waals surface area contributed by atoms with Gasteiger partial charge in [0.05, 0.1) is 4.90 Å². The predicted molar refractivity (Wildman–Crippen MR) is 96.6 cm³/mol. The molecular weight excluding hydrogens is 416 g/mol. The molecule has 0 saturated heterocycles. The molecule has 1 atom stereocenters. The van der Waals surface area contributed by atoms with Gasteiger partial charge in [-0.05, 0) is 36.4 Å². The molecule has 0 aliphatic rings. The van der Waals surface area contributed by atoms with E-state index in [1.54, 1.807) is 18.2 Å². The molecule has 24 heavy (non-hydrogen) atoms. The second-order valence-electron chi connectivity index (χ2n) is 4.76. The molecule has 1 amide bonds. The molecule has 0 fully saturated rings. The van der Waals surface area contributed by atoms with Gasteiger partial charge in [0.1, 0.15) is 0 Å². The van der Waals surface area contributed by atoms with Crippen LogP contribution in [0.2, 0.25) is 5.02 Å². The van der Waals surface area contributed by atoms with Gasteiger partial charge in [0.25, 0.3) is 5.91 Å². The van der Waals surface area contributed by atoms with E-state index in [0.717, 1.165) is 0 Å². The average molecular weight is 427 g/mol. The van der Waals surface area contributed by atoms with Gasteiger partial charge in [0.2, 0.25) is 13.6 Å². The van der Waals surface area contributed by atoms with Crippen molar-refractivity contribution in [3.8, 4) is 0 Å². The minimum Gasteiger partial charge on any atom is -0.332 e. The zero-order chi connectivity index (χ0) is 18.0. The molecule has 0 saturated carbocycles. The van der Waals surface area contributed by atoms with Crippen molar-refractivity contribution in [2.75, 3.05) is 0 Å². The Bertz CT molecular complexity index is 818. The molecule has 0 bridgehead atoms. The van der Waals surface area contributed by atoms with E-state index in [2.05, 4.69) is 5.32 Å². The smallest absolute Gasteiger partial charge is 0.252 e. The van der Waals surface area contributed by atoms with Crippen molar-refractivity contribution in [1.82, 2.24) is 5.32 Å². The summed E-state index contributed by atoms with van der Waals surface area (Å²) in [5.74, 6) is -0.676. The van der Waals surface area contributed by atoms with Gasteiger partial charge in [0, 0.05) is 10.6 Å². The molecule has 2 rings (SSSR count). The van der Waals surface area contributed by atoms with Crippen LogP contribution in [-0.4, -0.2) is 23.5 Å². The lowest BCUT2D eigenvalue weighted by atomic mass is 10.2. The molecule has 0 aliphatic heterocycles. The first-order valence-electron chi connectivity index (χ1n) is 6.54. The van der Waals surface area contributed by atoms with Crippen molar-refractivity contribution in [2.24, 2.45) is 0 Å². The van der Waals surface area contributed by atoms with Crippen LogP contribution in [0, 0.1) is 0 Å². The molecule has 2 aromatic carbocycles. The van der Waals surface area contributed by atoms with Crippen LogP contribution in [0.3, 0.4) is 0 Å². The maximum Gasteiger partial charge on any atom is 0.252 e. The van der Waals surface area contributed by atoms with Crippen LogP contribution in [0.1, 0.15) is 10.4 Å². The Kier molecular flexibility index (Phi) is 6.04. The van der Waals surface area contributed by atoms with Crippen LogP contribution in [-0.2, 0) is 9.84 Å². The van der Waals surface area contributed by atoms with Gasteiger partial charge in [-0.3, -0.25) is 4.79 Å². The van der Waals surface area contributed by atoms with Gasteiger partial charge in [-0.2, -0.15) is 0 Å². The Morgan fingerprint density at radius 1 is 0.958 bits per heavy atom. The highest BCUT2D eigenvalue weighted by Gasteiger charge is 2.44. The normalized spacial score (nSPS) is 13.3. The third-order valence-electron chi connectivity index (χ3n) is 3.05. The Hall–Kier alpha value is -0.980. The van der Waals surface area contributed by atoms with Crippen LogP contribution in [0.25, 0.3) is 0 Å². The molecule has 4 nitrogen and oxygen atoms in total. The number of halogens is 4. The van der Waals surface area contributed by atoms with Gasteiger partial charge in [-0.15, -0.1) is 0 Å². The molecule has 9 heteroatoms. The van der Waals surface area contributed by atoms with Crippen LogP contribution in [0.4, 0.5) is 0 Å². The van der Waals surface area contributed by atoms with Gasteiger partial charge < -0.3 is 5.32 Å². The summed E-state index contributed by atoms with van der Waals surface area (Å²) in [5.41, 5.74) is 0.239. The van der Waals surface area contributed by atoms with Crippen molar-refractivity contribution in [3.63, 3.8) is 0 Å². The molecule has 0 spiro atoms. The number of sulfone groups is 1. The maximum absolute atomic E-state index is 12.7. The second kappa shape index (κ2) is 7.50. The molecular formula is C15H11Cl4NO3S. The summed E-state index contributed by atoms with van der Waals surface area (Å²) in [6, 6.07) is 13.3. The summed E-state index contributed by atoms with van der Waals surface area (Å²) in [6.07, 6.45) is 0. The number of carbonyl (C=O) groups excluding carboxylic acids is 1. The topological polar surface area (TPSA) is 63.2 Å². The Morgan fingerprint density at radius 3 is 2.00 bits per heavy atom. The van der Waals surface area contributed by atoms with E-state index in [1.165, 1.54) is 36.4 Å². The third kappa shape index (κ3) is 4.55. The fourth-order valence-electron chi connectivity index (χ4n) is 1.89. The first kappa shape index (κ1) is 19.3. The van der Waals surface area contributed by atoms with Crippen molar-refractivity contribution >= 4 is 62.1 Å². The van der Waals surface area contributed by atoms with Crippen LogP contribution >= 0.6 is 46.4 Å². The van der Waals surface area contributed by atoms with Gasteiger partial charge >= 0.3 is 0 Å². The molecule has 0 aliphatic carbocycles. The first-order chi connectivity index (χ1) is 11.1. The van der Waals surface area contributed by atoms with E-state index in [4.69, 9.17) is 46.4 Å². The number of carbonyl (C=O) groups is 1. The van der Waals surface area contributed by atoms with Crippen molar-refractivity contribution in [3.05, 3.63) is 65.2 Å². The van der Waals surface area contributed by atoms with Crippen molar-refractivity contribution in [1.29, 1.82) is 0 Å². The zero-order valence-electron chi connectivity index (χ0n) is 11.9. The van der Waals surface area contributed by atoms with Crippen LogP contribution in [0.15, 0.2) is 59.5 Å². The fraction of sp³-hybridized carbons (Fsp3) is 0.133. The van der Waals surface area contributed by atoms with E-state index < -0.39 is 24.9 Å². The molecule has 128 valence electrons. The summed E-state index contributed by atoms with van der Waals surface area (Å²) in [4.78, 5) is 12.1. The van der Waals surface area contributed by atoms with Crippen LogP contribution < -0.4 is 5.32 Å². The first-order valence-corrected chi connectivity index (χ1v) is 9.60. The van der Waals surface area contributed by atoms with Gasteiger partial charge in [-0.25, -0.2) is 8.42 Å². The molecule has 0 heterocycles. The highest BCUT2D eigenvalue weighted by atomic mass is 35.6. The second-order valence-corrected chi connectivity index (χ2v) is 9.60. The Morgan fingerprint density at radius 2 is 1.50 bits per heavy atom. The zero-order valence-corrected chi connectivity index (χ0v) is 15.8. The number of amides is 1. The minimum atomic E-state index is -4.17. The molecule has 1 N–H and O–H groups in total. The standard InChI is InChI=1S/C15H11Cl4NO3S/c16-11-6-8-12(9-7-11)24(22,23)14(15(17,18)19)20-13(21)10-4-2-1-3-5-10/h1-9,14H,(H,20,21)/t14-/m1/s1. The van der Waals surface area contributed by atoms with E-state index in [9.17, 15) is 13.2 Å². The monoisotopic (exact) mass is 425 g/mol. The maximum atomic E-state index is 12.7. The predicted octanol–water partition coefficient (Wildman–Crippen LogP) is 4.24. The Balaban J connectivity index is 2.39. The number of rotatable bonds is 4. The van der Waals surface area contributed by atoms with Crippen LogP contribution in [0.5, 0.6) is 0 Å². The van der Waals surface area contributed by atoms with Gasteiger partial charge in [-0.1, -0.05) is 64.6 Å². The average Bonchev–Trinajstić information content (AvgIpc) is 2.52. The lowest BCUT2D eigenvalue weighted by Crippen LogP contribution is -2.49. The quantitative estimate of drug-likeness (QED) is 0.743. The number of hydrogen-bond donors (Lipinski definition) is 1. The third-order valence-corrected chi connectivity index (χ3v) is 6.36. The van der Waals surface area contributed by atoms with E-state index in [1.807, 2.05) is 0 Å². The number of nitrogens with one attached hydrogen (secondary N) is 1. The molecule has 2 aromatic rings. The summed E-state index contributed by atoms with van der Waals surface area (Å²) in [6.45, 7) is 0. The van der Waals surface area contributed by atoms with E-state index in [-0.39, 0.29) is 10.5 Å². The highest BCUT2D eigenvalue weighted by Crippen LogP contribution is 2.36. The largest absolute Gasteiger partial charge is 0.332 e. The number of alkyl halides is 3. The fourth-order valence-corrected chi connectivity index (χ4v) is 4.63. The summed E-state index contributed by atoms with van der Waals surface area (Å²) in [5, 5.41) is 0.851. The molecule has 0 aromatic heterocycles. The highest BCUT2D eigenvalue weighted by molar-refractivity contribution is 7.92. The lowest BCUT2D eigenvalue weighted by molar-refractivity contribution is 0.0948. The number of benzene rings is 2. The summed E-state index contributed by atoms with van der Waals surface area (Å²) in [7, 11) is -4.17. The van der Waals surface area contributed by atoms with E-state index >= 15 is 0 Å². The Labute approximate surface area is 159 Å². The number of hydrogen-bond acceptors (Lipinski definition) is 3. The summed E-state index contributed by atoms with van der Waals surface area (Å²) >= 11 is 23.2. The molecule has 0 radical (unpaired) electrons. The SMILES string of the molecule is O=C(N[C@@H](C(Cl)(Cl)Cl)S(=O)(=O)c1ccc(Cl)cc1)c1ccccc1. The minimum absolute atomic E-state index is 0.128.